The molecule has 3 nitrogen and oxygen atoms in total. The van der Waals surface area contributed by atoms with Crippen LogP contribution in [0.1, 0.15) is 43.6 Å². The Hall–Kier alpha value is -1.06. The lowest BCUT2D eigenvalue weighted by molar-refractivity contribution is -0.124. The van der Waals surface area contributed by atoms with Crippen LogP contribution >= 0.6 is 11.6 Å². The Morgan fingerprint density at radius 1 is 1.17 bits per heavy atom. The Morgan fingerprint density at radius 3 is 2.67 bits per heavy atom. The van der Waals surface area contributed by atoms with Gasteiger partial charge in [-0.05, 0) is 54.7 Å². The van der Waals surface area contributed by atoms with Gasteiger partial charge in [0.05, 0.1) is 0 Å². The lowest BCUT2D eigenvalue weighted by Gasteiger charge is -2.40. The summed E-state index contributed by atoms with van der Waals surface area (Å²) in [5, 5.41) is 3.98. The van der Waals surface area contributed by atoms with Gasteiger partial charge in [0, 0.05) is 37.1 Å². The van der Waals surface area contributed by atoms with Crippen LogP contribution in [0.4, 0.5) is 0 Å². The van der Waals surface area contributed by atoms with Crippen LogP contribution in [-0.4, -0.2) is 37.0 Å². The molecule has 1 amide bonds. The van der Waals surface area contributed by atoms with E-state index < -0.39 is 0 Å². The number of amides is 1. The van der Waals surface area contributed by atoms with Gasteiger partial charge in [-0.2, -0.15) is 0 Å². The first-order valence-electron chi connectivity index (χ1n) is 9.46. The van der Waals surface area contributed by atoms with Crippen LogP contribution in [0, 0.1) is 17.8 Å². The third-order valence-corrected chi connectivity index (χ3v) is 6.64. The van der Waals surface area contributed by atoms with E-state index in [1.807, 2.05) is 12.1 Å². The topological polar surface area (TPSA) is 32.3 Å². The predicted octanol–water partition coefficient (Wildman–Crippen LogP) is 3.68. The van der Waals surface area contributed by atoms with Crippen molar-refractivity contribution < 1.29 is 4.79 Å². The van der Waals surface area contributed by atoms with Crippen molar-refractivity contribution in [3.8, 4) is 0 Å². The molecule has 3 fully saturated rings. The molecule has 1 aromatic carbocycles. The minimum atomic E-state index is 0.286. The molecule has 1 saturated heterocycles. The summed E-state index contributed by atoms with van der Waals surface area (Å²) in [6.07, 6.45) is 5.92. The van der Waals surface area contributed by atoms with Gasteiger partial charge in [-0.15, -0.1) is 0 Å². The first-order valence-corrected chi connectivity index (χ1v) is 9.84. The minimum Gasteiger partial charge on any atom is -0.355 e. The van der Waals surface area contributed by atoms with Crippen molar-refractivity contribution in [2.24, 2.45) is 17.8 Å². The summed E-state index contributed by atoms with van der Waals surface area (Å²) in [7, 11) is 0. The zero-order chi connectivity index (χ0) is 16.5. The molecule has 1 aliphatic heterocycles. The summed E-state index contributed by atoms with van der Waals surface area (Å²) in [5.74, 6) is 2.90. The first kappa shape index (κ1) is 16.4. The van der Waals surface area contributed by atoms with E-state index in [4.69, 9.17) is 11.6 Å². The van der Waals surface area contributed by atoms with Crippen molar-refractivity contribution in [1.29, 1.82) is 0 Å². The molecule has 3 unspecified atom stereocenters. The smallest absolute Gasteiger partial charge is 0.223 e. The maximum absolute atomic E-state index is 12.1. The van der Waals surface area contributed by atoms with Crippen LogP contribution < -0.4 is 5.32 Å². The fourth-order valence-corrected chi connectivity index (χ4v) is 5.07. The minimum absolute atomic E-state index is 0.286. The van der Waals surface area contributed by atoms with Gasteiger partial charge in [0.1, 0.15) is 0 Å². The molecule has 0 spiro atoms. The van der Waals surface area contributed by atoms with Gasteiger partial charge < -0.3 is 10.2 Å². The second kappa shape index (κ2) is 7.05. The monoisotopic (exact) mass is 346 g/mol. The molecule has 4 rings (SSSR count). The fourth-order valence-electron chi connectivity index (χ4n) is 4.94. The van der Waals surface area contributed by atoms with E-state index in [1.165, 1.54) is 37.9 Å². The number of nitrogens with one attached hydrogen (secondary N) is 1. The molecule has 1 N–H and O–H groups in total. The zero-order valence-electron chi connectivity index (χ0n) is 14.2. The van der Waals surface area contributed by atoms with Crippen molar-refractivity contribution in [2.45, 2.75) is 38.0 Å². The van der Waals surface area contributed by atoms with Crippen LogP contribution in [0.25, 0.3) is 0 Å². The van der Waals surface area contributed by atoms with E-state index in [0.29, 0.717) is 5.92 Å². The number of hydrogen-bond donors (Lipinski definition) is 1. The normalized spacial score (nSPS) is 30.1. The summed E-state index contributed by atoms with van der Waals surface area (Å²) < 4.78 is 0. The molecule has 4 heteroatoms. The second-order valence-corrected chi connectivity index (χ2v) is 8.29. The van der Waals surface area contributed by atoms with E-state index in [1.54, 1.807) is 0 Å². The molecule has 0 radical (unpaired) electrons. The molecule has 1 heterocycles. The van der Waals surface area contributed by atoms with Crippen LogP contribution in [-0.2, 0) is 4.79 Å². The number of likely N-dealkylation sites (tertiary alicyclic amines) is 1. The summed E-state index contributed by atoms with van der Waals surface area (Å²) >= 11 is 6.00. The lowest BCUT2D eigenvalue weighted by Crippen LogP contribution is -2.36. The third-order valence-electron chi connectivity index (χ3n) is 6.39. The average Bonchev–Trinajstić information content (AvgIpc) is 3.20. The first-order chi connectivity index (χ1) is 11.7. The quantitative estimate of drug-likeness (QED) is 0.882. The molecule has 130 valence electrons. The van der Waals surface area contributed by atoms with Gasteiger partial charge in [0.2, 0.25) is 5.91 Å². The van der Waals surface area contributed by atoms with Gasteiger partial charge >= 0.3 is 0 Å². The summed E-state index contributed by atoms with van der Waals surface area (Å²) in [5.41, 5.74) is 1.44. The number of hydrogen-bond acceptors (Lipinski definition) is 2. The van der Waals surface area contributed by atoms with Crippen molar-refractivity contribution in [3.05, 3.63) is 34.9 Å². The SMILES string of the molecule is O=C(NCCN1CC2CC(c3ccc(Cl)cc3)C2C1)C1CCCC1. The number of benzene rings is 1. The average molecular weight is 347 g/mol. The maximum Gasteiger partial charge on any atom is 0.223 e. The Kier molecular flexibility index (Phi) is 4.82. The molecule has 1 aromatic rings. The highest BCUT2D eigenvalue weighted by Gasteiger charge is 2.47. The molecular formula is C20H27ClN2O. The number of rotatable bonds is 5. The number of halogens is 1. The maximum atomic E-state index is 12.1. The Balaban J connectivity index is 1.22. The highest BCUT2D eigenvalue weighted by atomic mass is 35.5. The van der Waals surface area contributed by atoms with Gasteiger partial charge in [0.25, 0.3) is 0 Å². The largest absolute Gasteiger partial charge is 0.355 e. The van der Waals surface area contributed by atoms with Crippen LogP contribution in [0.15, 0.2) is 24.3 Å². The molecule has 2 saturated carbocycles. The number of fused-ring (bicyclic) bond motifs is 1. The van der Waals surface area contributed by atoms with E-state index in [-0.39, 0.29) is 11.8 Å². The highest BCUT2D eigenvalue weighted by molar-refractivity contribution is 6.30. The van der Waals surface area contributed by atoms with Gasteiger partial charge in [-0.3, -0.25) is 4.79 Å². The molecular weight excluding hydrogens is 320 g/mol. The van der Waals surface area contributed by atoms with Crippen LogP contribution in [0.3, 0.4) is 0 Å². The van der Waals surface area contributed by atoms with Gasteiger partial charge in [-0.25, -0.2) is 0 Å². The number of nitrogens with zero attached hydrogens (tertiary/aromatic N) is 1. The molecule has 2 aliphatic carbocycles. The molecule has 3 atom stereocenters. The van der Waals surface area contributed by atoms with Gasteiger partial charge in [-0.1, -0.05) is 36.6 Å². The Morgan fingerprint density at radius 2 is 1.92 bits per heavy atom. The van der Waals surface area contributed by atoms with Crippen molar-refractivity contribution in [3.63, 3.8) is 0 Å². The summed E-state index contributed by atoms with van der Waals surface area (Å²) in [6.45, 7) is 4.19. The fraction of sp³-hybridized carbons (Fsp3) is 0.650. The third kappa shape index (κ3) is 3.34. The summed E-state index contributed by atoms with van der Waals surface area (Å²) in [6, 6.07) is 8.40. The van der Waals surface area contributed by atoms with Crippen LogP contribution in [0.2, 0.25) is 5.02 Å². The number of carbonyl (C=O) groups excluding carboxylic acids is 1. The highest BCUT2D eigenvalue weighted by Crippen LogP contribution is 2.51. The van der Waals surface area contributed by atoms with Crippen molar-refractivity contribution in [1.82, 2.24) is 10.2 Å². The van der Waals surface area contributed by atoms with Crippen molar-refractivity contribution in [2.75, 3.05) is 26.2 Å². The van der Waals surface area contributed by atoms with Crippen LogP contribution in [0.5, 0.6) is 0 Å². The second-order valence-electron chi connectivity index (χ2n) is 7.85. The Labute approximate surface area is 149 Å². The molecule has 0 bridgehead atoms. The predicted molar refractivity (Wildman–Crippen MR) is 97.2 cm³/mol. The van der Waals surface area contributed by atoms with Crippen molar-refractivity contribution >= 4 is 17.5 Å². The number of carbonyl (C=O) groups is 1. The molecule has 0 aromatic heterocycles. The Bertz CT molecular complexity index is 582. The van der Waals surface area contributed by atoms with E-state index in [2.05, 4.69) is 22.3 Å². The lowest BCUT2D eigenvalue weighted by atomic mass is 9.64. The molecule has 24 heavy (non-hydrogen) atoms. The van der Waals surface area contributed by atoms with E-state index >= 15 is 0 Å². The summed E-state index contributed by atoms with van der Waals surface area (Å²) in [4.78, 5) is 14.6. The van der Waals surface area contributed by atoms with E-state index in [0.717, 1.165) is 42.8 Å². The zero-order valence-corrected chi connectivity index (χ0v) is 15.0. The molecule has 3 aliphatic rings. The van der Waals surface area contributed by atoms with Gasteiger partial charge in [0.15, 0.2) is 0 Å². The standard InChI is InChI=1S/C20H27ClN2O/c21-17-7-5-14(6-8-17)18-11-16-12-23(13-19(16)18)10-9-22-20(24)15-3-1-2-4-15/h5-8,15-16,18-19H,1-4,9-13H2,(H,22,24). The van der Waals surface area contributed by atoms with E-state index in [9.17, 15) is 4.79 Å².